The van der Waals surface area contributed by atoms with Crippen molar-refractivity contribution in [1.82, 2.24) is 0 Å². The van der Waals surface area contributed by atoms with Crippen LogP contribution < -0.4 is 0 Å². The molecule has 3 nitrogen and oxygen atoms in total. The highest BCUT2D eigenvalue weighted by Gasteiger charge is 2.64. The molecule has 248 valence electrons. The Kier molecular flexibility index (Phi) is 9.89. The van der Waals surface area contributed by atoms with Crippen molar-refractivity contribution in [3.63, 3.8) is 0 Å². The van der Waals surface area contributed by atoms with E-state index >= 15 is 4.79 Å². The number of nitriles is 1. The molecular weight excluding hydrogens is 802 g/mol. The molecular formula is C39H26Br2Cl2F3NO2. The molecule has 1 aliphatic carbocycles. The Balaban J connectivity index is 1.77. The second-order valence-corrected chi connectivity index (χ2v) is 14.9. The Morgan fingerprint density at radius 1 is 0.776 bits per heavy atom. The molecule has 1 fully saturated rings. The van der Waals surface area contributed by atoms with E-state index in [1.807, 2.05) is 0 Å². The highest BCUT2D eigenvalue weighted by molar-refractivity contribution is 9.10. The van der Waals surface area contributed by atoms with Gasteiger partial charge in [-0.05, 0) is 95.4 Å². The van der Waals surface area contributed by atoms with Gasteiger partial charge in [0.25, 0.3) is 0 Å². The molecule has 10 heteroatoms. The highest BCUT2D eigenvalue weighted by atomic mass is 79.9. The number of rotatable bonds is 6. The van der Waals surface area contributed by atoms with Crippen LogP contribution in [0.25, 0.3) is 0 Å². The maximum atomic E-state index is 15.1. The van der Waals surface area contributed by atoms with Crippen LogP contribution in [-0.2, 0) is 17.2 Å². The molecule has 1 aliphatic rings. The van der Waals surface area contributed by atoms with Crippen LogP contribution in [0.3, 0.4) is 0 Å². The molecule has 0 aromatic heterocycles. The van der Waals surface area contributed by atoms with E-state index < -0.39 is 46.3 Å². The lowest BCUT2D eigenvalue weighted by Crippen LogP contribution is -2.58. The van der Waals surface area contributed by atoms with Crippen molar-refractivity contribution in [1.29, 1.82) is 5.26 Å². The monoisotopic (exact) mass is 825 g/mol. The van der Waals surface area contributed by atoms with E-state index in [1.165, 1.54) is 12.1 Å². The molecule has 1 N–H and O–H groups in total. The number of halogens is 7. The molecule has 0 bridgehead atoms. The van der Waals surface area contributed by atoms with Crippen LogP contribution in [0.5, 0.6) is 0 Å². The normalized spacial score (nSPS) is 23.9. The van der Waals surface area contributed by atoms with Crippen LogP contribution in [0.15, 0.2) is 130 Å². The Morgan fingerprint density at radius 3 is 1.90 bits per heavy atom. The van der Waals surface area contributed by atoms with Crippen molar-refractivity contribution >= 4 is 60.8 Å². The van der Waals surface area contributed by atoms with Crippen molar-refractivity contribution in [2.75, 3.05) is 0 Å². The molecule has 0 amide bonds. The lowest BCUT2D eigenvalue weighted by molar-refractivity contribution is -0.137. The highest BCUT2D eigenvalue weighted by Crippen LogP contribution is 2.64. The molecule has 0 unspecified atom stereocenters. The van der Waals surface area contributed by atoms with Gasteiger partial charge in [-0.25, -0.2) is 0 Å². The van der Waals surface area contributed by atoms with Gasteiger partial charge >= 0.3 is 6.18 Å². The number of hydrogen-bond acceptors (Lipinski definition) is 3. The summed E-state index contributed by atoms with van der Waals surface area (Å²) in [5.41, 5.74) is -2.94. The number of nitrogens with zero attached hydrogens (tertiary/aromatic N) is 1. The topological polar surface area (TPSA) is 61.1 Å². The van der Waals surface area contributed by atoms with Crippen LogP contribution in [0, 0.1) is 17.2 Å². The van der Waals surface area contributed by atoms with Gasteiger partial charge in [0.05, 0.1) is 23.0 Å². The van der Waals surface area contributed by atoms with Crippen LogP contribution in [0.4, 0.5) is 13.2 Å². The summed E-state index contributed by atoms with van der Waals surface area (Å²) >= 11 is 19.5. The number of aliphatic hydroxyl groups is 1. The van der Waals surface area contributed by atoms with Crippen LogP contribution >= 0.6 is 55.1 Å². The number of benzene rings is 5. The van der Waals surface area contributed by atoms with Crippen LogP contribution in [0.1, 0.15) is 56.4 Å². The second kappa shape index (κ2) is 13.7. The summed E-state index contributed by atoms with van der Waals surface area (Å²) in [6.07, 6.45) is -4.90. The van der Waals surface area contributed by atoms with Crippen molar-refractivity contribution in [3.8, 4) is 6.07 Å². The Labute approximate surface area is 308 Å². The maximum absolute atomic E-state index is 15.1. The fourth-order valence-electron chi connectivity index (χ4n) is 7.36. The average molecular weight is 828 g/mol. The van der Waals surface area contributed by atoms with E-state index in [4.69, 9.17) is 23.2 Å². The van der Waals surface area contributed by atoms with Crippen molar-refractivity contribution in [3.05, 3.63) is 174 Å². The molecule has 5 aromatic carbocycles. The zero-order chi connectivity index (χ0) is 35.1. The summed E-state index contributed by atoms with van der Waals surface area (Å²) < 4.78 is 44.3. The van der Waals surface area contributed by atoms with Crippen molar-refractivity contribution < 1.29 is 23.1 Å². The number of carbonyl (C=O) groups excluding carboxylic acids is 1. The summed E-state index contributed by atoms with van der Waals surface area (Å²) in [5.74, 6) is -3.97. The molecule has 49 heavy (non-hydrogen) atoms. The largest absolute Gasteiger partial charge is 0.416 e. The molecule has 0 aliphatic heterocycles. The van der Waals surface area contributed by atoms with E-state index in [0.717, 1.165) is 12.1 Å². The quantitative estimate of drug-likeness (QED) is 0.173. The fraction of sp³-hybridized carbons (Fsp3) is 0.179. The first-order valence-electron chi connectivity index (χ1n) is 15.2. The summed E-state index contributed by atoms with van der Waals surface area (Å²) in [6.45, 7) is 0. The SMILES string of the molecule is N#C[C@]1(c2cccc(C(F)(F)F)c2)[C@@H](c2cccc(Br)c2)C[C@@](O)(c2ccc(Cl)cc2)[C@H](C(=O)c2ccc(Cl)cc2)[C@@H]1c1cccc(Br)c1. The minimum atomic E-state index is -4.71. The zero-order valence-corrected chi connectivity index (χ0v) is 30.1. The predicted molar refractivity (Wildman–Crippen MR) is 192 cm³/mol. The molecule has 5 aromatic rings. The number of hydrogen-bond donors (Lipinski definition) is 1. The summed E-state index contributed by atoms with van der Waals surface area (Å²) in [6, 6.07) is 34.1. The standard InChI is InChI=1S/C39H26Br2Cl2F3NO2/c40-29-8-1-4-24(18-29)33-21-38(49,26-12-16-32(43)17-13-26)35(36(48)23-10-14-31(42)15-11-23)34(25-5-2-9-30(41)19-25)37(33,22-47)27-6-3-7-28(20-27)39(44,45)46/h1-20,33-35,49H,21H2/t33-,34+,35+,37+,38-/m1/s1. The van der Waals surface area contributed by atoms with Gasteiger partial charge in [0, 0.05) is 36.4 Å². The van der Waals surface area contributed by atoms with Gasteiger partial charge in [0.2, 0.25) is 0 Å². The molecule has 5 atom stereocenters. The van der Waals surface area contributed by atoms with E-state index in [2.05, 4.69) is 37.9 Å². The maximum Gasteiger partial charge on any atom is 0.416 e. The van der Waals surface area contributed by atoms with Gasteiger partial charge in [0.15, 0.2) is 5.78 Å². The molecule has 0 radical (unpaired) electrons. The summed E-state index contributed by atoms with van der Waals surface area (Å²) in [7, 11) is 0. The van der Waals surface area contributed by atoms with Gasteiger partial charge < -0.3 is 5.11 Å². The third-order valence-electron chi connectivity index (χ3n) is 9.47. The van der Waals surface area contributed by atoms with Crippen molar-refractivity contribution in [2.45, 2.75) is 35.4 Å². The van der Waals surface area contributed by atoms with Gasteiger partial charge in [-0.1, -0.05) is 110 Å². The van der Waals surface area contributed by atoms with E-state index in [-0.39, 0.29) is 17.5 Å². The third kappa shape index (κ3) is 6.60. The lowest BCUT2D eigenvalue weighted by Gasteiger charge is -2.56. The summed E-state index contributed by atoms with van der Waals surface area (Å²) in [4.78, 5) is 15.1. The van der Waals surface area contributed by atoms with Gasteiger partial charge in [-0.15, -0.1) is 0 Å². The minimum Gasteiger partial charge on any atom is -0.384 e. The van der Waals surface area contributed by atoms with E-state index in [9.17, 15) is 23.5 Å². The number of Topliss-reactive ketones (excluding diaryl/α,β-unsaturated/α-hetero) is 1. The first-order valence-corrected chi connectivity index (χ1v) is 17.5. The van der Waals surface area contributed by atoms with Crippen LogP contribution in [-0.4, -0.2) is 10.9 Å². The second-order valence-electron chi connectivity index (χ2n) is 12.2. The lowest BCUT2D eigenvalue weighted by atomic mass is 9.46. The van der Waals surface area contributed by atoms with Crippen LogP contribution in [0.2, 0.25) is 10.0 Å². The fourth-order valence-corrected chi connectivity index (χ4v) is 8.44. The number of alkyl halides is 3. The number of ketones is 1. The predicted octanol–water partition coefficient (Wildman–Crippen LogP) is 11.7. The molecule has 0 saturated heterocycles. The zero-order valence-electron chi connectivity index (χ0n) is 25.4. The third-order valence-corrected chi connectivity index (χ3v) is 11.0. The van der Waals surface area contributed by atoms with Crippen molar-refractivity contribution in [2.24, 2.45) is 5.92 Å². The van der Waals surface area contributed by atoms with E-state index in [1.54, 1.807) is 97.1 Å². The van der Waals surface area contributed by atoms with E-state index in [0.29, 0.717) is 35.7 Å². The first-order chi connectivity index (χ1) is 23.3. The minimum absolute atomic E-state index is 0.0758. The number of carbonyl (C=O) groups is 1. The summed E-state index contributed by atoms with van der Waals surface area (Å²) in [5, 5.41) is 25.6. The molecule has 6 rings (SSSR count). The Morgan fingerprint density at radius 2 is 1.33 bits per heavy atom. The van der Waals surface area contributed by atoms with Gasteiger partial charge in [-0.2, -0.15) is 18.4 Å². The molecule has 1 saturated carbocycles. The Bertz CT molecular complexity index is 2070. The van der Waals surface area contributed by atoms with Gasteiger partial charge in [0.1, 0.15) is 5.60 Å². The molecule has 0 heterocycles. The Hall–Kier alpha value is -3.45. The van der Waals surface area contributed by atoms with Gasteiger partial charge in [-0.3, -0.25) is 4.79 Å². The average Bonchev–Trinajstić information content (AvgIpc) is 3.08. The first kappa shape index (κ1) is 35.4. The smallest absolute Gasteiger partial charge is 0.384 e. The molecule has 0 spiro atoms.